The van der Waals surface area contributed by atoms with Gasteiger partial charge >= 0.3 is 0 Å². The van der Waals surface area contributed by atoms with Gasteiger partial charge in [0, 0.05) is 19.5 Å². The smallest absolute Gasteiger partial charge is 0.229 e. The monoisotopic (exact) mass is 222 g/mol. The molecular formula is C12H18N2O2. The average molecular weight is 222 g/mol. The number of nitrogens with one attached hydrogen (secondary N) is 1. The van der Waals surface area contributed by atoms with Gasteiger partial charge in [-0.25, -0.2) is 0 Å². The number of aryl methyl sites for hydroxylation is 1. The molecule has 1 saturated heterocycles. The molecule has 1 aliphatic heterocycles. The predicted octanol–water partition coefficient (Wildman–Crippen LogP) is 1.55. The van der Waals surface area contributed by atoms with E-state index in [-0.39, 0.29) is 5.91 Å². The lowest BCUT2D eigenvalue weighted by Gasteiger charge is -2.16. The molecule has 1 fully saturated rings. The number of furan rings is 1. The fourth-order valence-corrected chi connectivity index (χ4v) is 2.00. The van der Waals surface area contributed by atoms with Crippen LogP contribution in [0.5, 0.6) is 0 Å². The molecule has 1 unspecified atom stereocenters. The van der Waals surface area contributed by atoms with Crippen molar-refractivity contribution in [3.63, 3.8) is 0 Å². The highest BCUT2D eigenvalue weighted by atomic mass is 16.4. The van der Waals surface area contributed by atoms with Gasteiger partial charge in [-0.1, -0.05) is 0 Å². The molecule has 0 radical (unpaired) electrons. The summed E-state index contributed by atoms with van der Waals surface area (Å²) in [6.07, 6.45) is 1.69. The van der Waals surface area contributed by atoms with Crippen molar-refractivity contribution in [1.29, 1.82) is 0 Å². The van der Waals surface area contributed by atoms with Crippen LogP contribution >= 0.6 is 0 Å². The molecule has 4 heteroatoms. The van der Waals surface area contributed by atoms with Gasteiger partial charge < -0.3 is 9.73 Å². The molecule has 0 bridgehead atoms. The van der Waals surface area contributed by atoms with Crippen LogP contribution in [0.15, 0.2) is 16.5 Å². The maximum Gasteiger partial charge on any atom is 0.229 e. The first-order valence-electron chi connectivity index (χ1n) is 5.70. The maximum atomic E-state index is 11.9. The zero-order valence-electron chi connectivity index (χ0n) is 9.82. The number of rotatable bonds is 3. The molecule has 0 aliphatic carbocycles. The molecule has 1 amide bonds. The van der Waals surface area contributed by atoms with Gasteiger partial charge in [-0.3, -0.25) is 9.69 Å². The van der Waals surface area contributed by atoms with Crippen LogP contribution in [0, 0.1) is 12.8 Å². The molecule has 0 saturated carbocycles. The van der Waals surface area contributed by atoms with Crippen molar-refractivity contribution in [2.45, 2.75) is 19.8 Å². The van der Waals surface area contributed by atoms with Crippen molar-refractivity contribution in [3.8, 4) is 0 Å². The van der Waals surface area contributed by atoms with E-state index < -0.39 is 0 Å². The van der Waals surface area contributed by atoms with E-state index in [0.717, 1.165) is 25.3 Å². The second-order valence-corrected chi connectivity index (χ2v) is 4.40. The standard InChI is InChI=1S/C12H18N2O2/c1-9-3-4-12(16-9)14(2)11(15)7-10-5-6-13-8-10/h3-4,10,13H,5-8H2,1-2H3. The number of carbonyl (C=O) groups excluding carboxylic acids is 1. The molecule has 1 N–H and O–H groups in total. The number of anilines is 1. The number of nitrogens with zero attached hydrogens (tertiary/aromatic N) is 1. The van der Waals surface area contributed by atoms with Crippen molar-refractivity contribution < 1.29 is 9.21 Å². The molecule has 2 rings (SSSR count). The van der Waals surface area contributed by atoms with Gasteiger partial charge in [0.05, 0.1) is 0 Å². The minimum atomic E-state index is 0.128. The van der Waals surface area contributed by atoms with Crippen molar-refractivity contribution in [2.75, 3.05) is 25.0 Å². The zero-order chi connectivity index (χ0) is 11.5. The molecule has 1 aromatic rings. The Hall–Kier alpha value is -1.29. The summed E-state index contributed by atoms with van der Waals surface area (Å²) in [5.41, 5.74) is 0. The van der Waals surface area contributed by atoms with Gasteiger partial charge in [0.1, 0.15) is 5.76 Å². The SMILES string of the molecule is Cc1ccc(N(C)C(=O)CC2CCNC2)o1. The highest BCUT2D eigenvalue weighted by Crippen LogP contribution is 2.20. The van der Waals surface area contributed by atoms with E-state index >= 15 is 0 Å². The quantitative estimate of drug-likeness (QED) is 0.844. The van der Waals surface area contributed by atoms with E-state index in [1.807, 2.05) is 19.1 Å². The van der Waals surface area contributed by atoms with Crippen molar-refractivity contribution in [3.05, 3.63) is 17.9 Å². The summed E-state index contributed by atoms with van der Waals surface area (Å²) in [7, 11) is 1.77. The van der Waals surface area contributed by atoms with E-state index in [9.17, 15) is 4.79 Å². The van der Waals surface area contributed by atoms with Crippen LogP contribution in [0.25, 0.3) is 0 Å². The molecule has 1 aliphatic rings. The Morgan fingerprint density at radius 3 is 3.00 bits per heavy atom. The van der Waals surface area contributed by atoms with Crippen LogP contribution in [0.2, 0.25) is 0 Å². The normalized spacial score (nSPS) is 20.0. The lowest BCUT2D eigenvalue weighted by molar-refractivity contribution is -0.119. The van der Waals surface area contributed by atoms with E-state index in [2.05, 4.69) is 5.32 Å². The van der Waals surface area contributed by atoms with Crippen LogP contribution in [0.3, 0.4) is 0 Å². The van der Waals surface area contributed by atoms with Crippen molar-refractivity contribution in [1.82, 2.24) is 5.32 Å². The zero-order valence-corrected chi connectivity index (χ0v) is 9.82. The summed E-state index contributed by atoms with van der Waals surface area (Å²) in [5, 5.41) is 3.27. The number of hydrogen-bond acceptors (Lipinski definition) is 3. The second-order valence-electron chi connectivity index (χ2n) is 4.40. The van der Waals surface area contributed by atoms with Crippen LogP contribution in [0.1, 0.15) is 18.6 Å². The Bertz CT molecular complexity index is 367. The van der Waals surface area contributed by atoms with Gasteiger partial charge in [-0.15, -0.1) is 0 Å². The fourth-order valence-electron chi connectivity index (χ4n) is 2.00. The third-order valence-corrected chi connectivity index (χ3v) is 3.06. The predicted molar refractivity (Wildman–Crippen MR) is 62.4 cm³/mol. The Morgan fingerprint density at radius 1 is 1.62 bits per heavy atom. The van der Waals surface area contributed by atoms with Gasteiger partial charge in [0.2, 0.25) is 11.8 Å². The third-order valence-electron chi connectivity index (χ3n) is 3.06. The lowest BCUT2D eigenvalue weighted by atomic mass is 10.0. The summed E-state index contributed by atoms with van der Waals surface area (Å²) in [4.78, 5) is 13.5. The van der Waals surface area contributed by atoms with Gasteiger partial charge in [-0.05, 0) is 38.4 Å². The number of hydrogen-bond donors (Lipinski definition) is 1. The van der Waals surface area contributed by atoms with Crippen LogP contribution in [0.4, 0.5) is 5.88 Å². The Morgan fingerprint density at radius 2 is 2.44 bits per heavy atom. The summed E-state index contributed by atoms with van der Waals surface area (Å²) >= 11 is 0. The second kappa shape index (κ2) is 4.70. The third kappa shape index (κ3) is 2.44. The lowest BCUT2D eigenvalue weighted by Crippen LogP contribution is -2.28. The first-order chi connectivity index (χ1) is 7.66. The first kappa shape index (κ1) is 11.2. The largest absolute Gasteiger partial charge is 0.445 e. The molecule has 16 heavy (non-hydrogen) atoms. The summed E-state index contributed by atoms with van der Waals surface area (Å²) in [6.45, 7) is 3.86. The molecule has 4 nitrogen and oxygen atoms in total. The molecule has 1 aromatic heterocycles. The Labute approximate surface area is 95.6 Å². The van der Waals surface area contributed by atoms with Crippen LogP contribution in [-0.4, -0.2) is 26.0 Å². The molecular weight excluding hydrogens is 204 g/mol. The topological polar surface area (TPSA) is 45.5 Å². The minimum absolute atomic E-state index is 0.128. The van der Waals surface area contributed by atoms with E-state index in [4.69, 9.17) is 4.42 Å². The van der Waals surface area contributed by atoms with Crippen LogP contribution in [-0.2, 0) is 4.79 Å². The molecule has 0 spiro atoms. The van der Waals surface area contributed by atoms with Crippen molar-refractivity contribution >= 4 is 11.8 Å². The molecule has 88 valence electrons. The molecule has 1 atom stereocenters. The van der Waals surface area contributed by atoms with E-state index in [1.165, 1.54) is 0 Å². The first-order valence-corrected chi connectivity index (χ1v) is 5.70. The average Bonchev–Trinajstić information content (AvgIpc) is 2.88. The van der Waals surface area contributed by atoms with E-state index in [0.29, 0.717) is 18.2 Å². The highest BCUT2D eigenvalue weighted by Gasteiger charge is 2.21. The van der Waals surface area contributed by atoms with Gasteiger partial charge in [0.25, 0.3) is 0 Å². The summed E-state index contributed by atoms with van der Waals surface area (Å²) in [6, 6.07) is 3.70. The number of carbonyl (C=O) groups is 1. The molecule has 2 heterocycles. The van der Waals surface area contributed by atoms with Crippen LogP contribution < -0.4 is 10.2 Å². The van der Waals surface area contributed by atoms with Gasteiger partial charge in [0.15, 0.2) is 0 Å². The van der Waals surface area contributed by atoms with Crippen molar-refractivity contribution in [2.24, 2.45) is 5.92 Å². The maximum absolute atomic E-state index is 11.9. The number of amides is 1. The fraction of sp³-hybridized carbons (Fsp3) is 0.583. The van der Waals surface area contributed by atoms with E-state index in [1.54, 1.807) is 11.9 Å². The van der Waals surface area contributed by atoms with Gasteiger partial charge in [-0.2, -0.15) is 0 Å². The summed E-state index contributed by atoms with van der Waals surface area (Å²) < 4.78 is 5.42. The Balaban J connectivity index is 1.93. The minimum Gasteiger partial charge on any atom is -0.445 e. The Kier molecular flexibility index (Phi) is 3.29. The molecule has 0 aromatic carbocycles. The summed E-state index contributed by atoms with van der Waals surface area (Å²) in [5.74, 6) is 2.07. The highest BCUT2D eigenvalue weighted by molar-refractivity contribution is 5.91.